The van der Waals surface area contributed by atoms with Gasteiger partial charge in [-0.05, 0) is 44.6 Å². The van der Waals surface area contributed by atoms with Crippen LogP contribution in [0.15, 0.2) is 24.3 Å². The zero-order valence-corrected chi connectivity index (χ0v) is 12.9. The molecule has 2 bridgehead atoms. The molecule has 4 heteroatoms. The fourth-order valence-electron chi connectivity index (χ4n) is 3.36. The number of rotatable bonds is 5. The first-order valence-corrected chi connectivity index (χ1v) is 7.81. The van der Waals surface area contributed by atoms with E-state index < -0.39 is 5.60 Å². The third-order valence-electron chi connectivity index (χ3n) is 4.53. The molecule has 2 atom stereocenters. The third kappa shape index (κ3) is 3.39. The van der Waals surface area contributed by atoms with Gasteiger partial charge in [0.1, 0.15) is 12.4 Å². The maximum atomic E-state index is 10.9. The smallest absolute Gasteiger partial charge is 0.119 e. The van der Waals surface area contributed by atoms with Gasteiger partial charge in [-0.3, -0.25) is 0 Å². The molecule has 2 unspecified atom stereocenters. The Morgan fingerprint density at radius 2 is 1.81 bits per heavy atom. The van der Waals surface area contributed by atoms with Crippen molar-refractivity contribution in [1.29, 1.82) is 0 Å². The Kier molecular flexibility index (Phi) is 4.20. The lowest BCUT2D eigenvalue weighted by Gasteiger charge is -2.36. The van der Waals surface area contributed by atoms with E-state index in [4.69, 9.17) is 9.47 Å². The molecule has 0 radical (unpaired) electrons. The normalized spacial score (nSPS) is 31.6. The van der Waals surface area contributed by atoms with Gasteiger partial charge in [-0.1, -0.05) is 12.1 Å². The van der Waals surface area contributed by atoms with Gasteiger partial charge in [-0.25, -0.2) is 0 Å². The van der Waals surface area contributed by atoms with Crippen LogP contribution < -0.4 is 4.74 Å². The minimum Gasteiger partial charge on any atom is -0.492 e. The largest absolute Gasteiger partial charge is 0.492 e. The first-order valence-electron chi connectivity index (χ1n) is 7.81. The van der Waals surface area contributed by atoms with Crippen molar-refractivity contribution >= 4 is 0 Å². The Bertz CT molecular complexity index is 459. The Balaban J connectivity index is 1.63. The minimum absolute atomic E-state index is 0.227. The molecule has 4 nitrogen and oxygen atoms in total. The van der Waals surface area contributed by atoms with E-state index in [0.29, 0.717) is 19.4 Å². The Morgan fingerprint density at radius 1 is 1.19 bits per heavy atom. The summed E-state index contributed by atoms with van der Waals surface area (Å²) in [6.45, 7) is 1.57. The van der Waals surface area contributed by atoms with Gasteiger partial charge in [0.25, 0.3) is 0 Å². The zero-order valence-electron chi connectivity index (χ0n) is 12.9. The first-order chi connectivity index (χ1) is 10.0. The molecule has 21 heavy (non-hydrogen) atoms. The second-order valence-corrected chi connectivity index (χ2v) is 6.57. The Hall–Kier alpha value is -1.10. The summed E-state index contributed by atoms with van der Waals surface area (Å²) < 4.78 is 11.5. The van der Waals surface area contributed by atoms with E-state index in [9.17, 15) is 5.11 Å². The van der Waals surface area contributed by atoms with Crippen LogP contribution in [0.2, 0.25) is 0 Å². The summed E-state index contributed by atoms with van der Waals surface area (Å²) in [5.41, 5.74) is 0.259. The molecule has 2 fully saturated rings. The van der Waals surface area contributed by atoms with Gasteiger partial charge in [0.2, 0.25) is 0 Å². The summed E-state index contributed by atoms with van der Waals surface area (Å²) in [6, 6.07) is 7.91. The lowest BCUT2D eigenvalue weighted by molar-refractivity contribution is -0.115. The van der Waals surface area contributed by atoms with E-state index in [1.165, 1.54) is 0 Å². The lowest BCUT2D eigenvalue weighted by Crippen LogP contribution is -2.38. The van der Waals surface area contributed by atoms with Gasteiger partial charge < -0.3 is 19.5 Å². The second kappa shape index (κ2) is 5.95. The van der Waals surface area contributed by atoms with Crippen LogP contribution in [0.5, 0.6) is 5.75 Å². The summed E-state index contributed by atoms with van der Waals surface area (Å²) >= 11 is 0. The highest BCUT2D eigenvalue weighted by molar-refractivity contribution is 5.31. The SMILES string of the molecule is CN(C)CCOc1ccc(C2(O)CC3CCC(C2)O3)cc1. The molecule has 0 saturated carbocycles. The molecular formula is C17H25NO3. The Morgan fingerprint density at radius 3 is 2.38 bits per heavy atom. The highest BCUT2D eigenvalue weighted by atomic mass is 16.5. The van der Waals surface area contributed by atoms with Crippen molar-refractivity contribution in [3.63, 3.8) is 0 Å². The van der Waals surface area contributed by atoms with Crippen LogP contribution >= 0.6 is 0 Å². The molecular weight excluding hydrogens is 266 g/mol. The van der Waals surface area contributed by atoms with Crippen LogP contribution in [0.4, 0.5) is 0 Å². The molecule has 2 aliphatic heterocycles. The topological polar surface area (TPSA) is 41.9 Å². The van der Waals surface area contributed by atoms with Crippen molar-refractivity contribution in [2.45, 2.75) is 43.5 Å². The van der Waals surface area contributed by atoms with Crippen molar-refractivity contribution in [2.75, 3.05) is 27.2 Å². The van der Waals surface area contributed by atoms with E-state index in [1.54, 1.807) is 0 Å². The summed E-state index contributed by atoms with van der Waals surface area (Å²) in [7, 11) is 4.06. The second-order valence-electron chi connectivity index (χ2n) is 6.57. The van der Waals surface area contributed by atoms with E-state index in [2.05, 4.69) is 4.90 Å². The highest BCUT2D eigenvalue weighted by Crippen LogP contribution is 2.44. The molecule has 2 aliphatic rings. The van der Waals surface area contributed by atoms with E-state index in [0.717, 1.165) is 30.7 Å². The average Bonchev–Trinajstić information content (AvgIpc) is 2.79. The monoisotopic (exact) mass is 291 g/mol. The first kappa shape index (κ1) is 14.8. The zero-order chi connectivity index (χ0) is 14.9. The van der Waals surface area contributed by atoms with Crippen LogP contribution in [-0.4, -0.2) is 49.5 Å². The molecule has 1 aromatic rings. The maximum Gasteiger partial charge on any atom is 0.119 e. The summed E-state index contributed by atoms with van der Waals surface area (Å²) in [6.07, 6.45) is 4.04. The fraction of sp³-hybridized carbons (Fsp3) is 0.647. The molecule has 2 heterocycles. The van der Waals surface area contributed by atoms with Crippen LogP contribution in [-0.2, 0) is 10.3 Å². The lowest BCUT2D eigenvalue weighted by atomic mass is 9.83. The number of ether oxygens (including phenoxy) is 2. The third-order valence-corrected chi connectivity index (χ3v) is 4.53. The van der Waals surface area contributed by atoms with Crippen LogP contribution in [0, 0.1) is 0 Å². The predicted molar refractivity (Wildman–Crippen MR) is 81.5 cm³/mol. The van der Waals surface area contributed by atoms with Gasteiger partial charge in [0.05, 0.1) is 17.8 Å². The fourth-order valence-corrected chi connectivity index (χ4v) is 3.36. The van der Waals surface area contributed by atoms with Gasteiger partial charge in [0, 0.05) is 19.4 Å². The molecule has 3 rings (SSSR count). The summed E-state index contributed by atoms with van der Waals surface area (Å²) in [4.78, 5) is 2.09. The molecule has 0 aliphatic carbocycles. The van der Waals surface area contributed by atoms with Gasteiger partial charge in [-0.2, -0.15) is 0 Å². The van der Waals surface area contributed by atoms with Crippen LogP contribution in [0.3, 0.4) is 0 Å². The van der Waals surface area contributed by atoms with Crippen molar-refractivity contribution in [1.82, 2.24) is 4.90 Å². The van der Waals surface area contributed by atoms with Crippen molar-refractivity contribution in [3.8, 4) is 5.75 Å². The number of hydrogen-bond donors (Lipinski definition) is 1. The van der Waals surface area contributed by atoms with E-state index in [1.807, 2.05) is 38.4 Å². The van der Waals surface area contributed by atoms with Crippen molar-refractivity contribution < 1.29 is 14.6 Å². The minimum atomic E-state index is -0.730. The molecule has 1 N–H and O–H groups in total. The maximum absolute atomic E-state index is 10.9. The number of likely N-dealkylation sites (N-methyl/N-ethyl adjacent to an activating group) is 1. The number of benzene rings is 1. The van der Waals surface area contributed by atoms with E-state index >= 15 is 0 Å². The number of hydrogen-bond acceptors (Lipinski definition) is 4. The van der Waals surface area contributed by atoms with Gasteiger partial charge in [-0.15, -0.1) is 0 Å². The molecule has 0 amide bonds. The average molecular weight is 291 g/mol. The molecule has 0 aromatic heterocycles. The van der Waals surface area contributed by atoms with Gasteiger partial charge in [0.15, 0.2) is 0 Å². The standard InChI is InChI=1S/C17H25NO3/c1-18(2)9-10-20-14-5-3-13(4-6-14)17(19)11-15-7-8-16(12-17)21-15/h3-6,15-16,19H,7-12H2,1-2H3. The molecule has 0 spiro atoms. The molecule has 116 valence electrons. The van der Waals surface area contributed by atoms with E-state index in [-0.39, 0.29) is 12.2 Å². The molecule has 1 aromatic carbocycles. The summed E-state index contributed by atoms with van der Waals surface area (Å²) in [5, 5.41) is 10.9. The van der Waals surface area contributed by atoms with Crippen LogP contribution in [0.25, 0.3) is 0 Å². The number of aliphatic hydroxyl groups is 1. The quantitative estimate of drug-likeness (QED) is 0.902. The predicted octanol–water partition coefficient (Wildman–Crippen LogP) is 2.16. The van der Waals surface area contributed by atoms with Crippen molar-refractivity contribution in [2.24, 2.45) is 0 Å². The highest BCUT2D eigenvalue weighted by Gasteiger charge is 2.44. The van der Waals surface area contributed by atoms with Gasteiger partial charge >= 0.3 is 0 Å². The van der Waals surface area contributed by atoms with Crippen LogP contribution in [0.1, 0.15) is 31.2 Å². The number of fused-ring (bicyclic) bond motifs is 2. The summed E-state index contributed by atoms with van der Waals surface area (Å²) in [5.74, 6) is 0.860. The molecule has 2 saturated heterocycles. The number of nitrogens with zero attached hydrogens (tertiary/aromatic N) is 1. The van der Waals surface area contributed by atoms with Crippen molar-refractivity contribution in [3.05, 3.63) is 29.8 Å². The Labute approximate surface area is 126 Å².